The van der Waals surface area contributed by atoms with Gasteiger partial charge in [-0.3, -0.25) is 9.89 Å². The molecule has 3 amide bonds. The van der Waals surface area contributed by atoms with E-state index in [-0.39, 0.29) is 5.91 Å². The van der Waals surface area contributed by atoms with Gasteiger partial charge in [0.1, 0.15) is 6.04 Å². The van der Waals surface area contributed by atoms with Gasteiger partial charge in [0.15, 0.2) is 0 Å². The van der Waals surface area contributed by atoms with Crippen molar-refractivity contribution in [2.75, 3.05) is 17.3 Å². The summed E-state index contributed by atoms with van der Waals surface area (Å²) in [4.78, 5) is 23.0. The van der Waals surface area contributed by atoms with Crippen molar-refractivity contribution >= 4 is 29.4 Å². The van der Waals surface area contributed by atoms with Gasteiger partial charge in [0.25, 0.3) is 0 Å². The zero-order valence-corrected chi connectivity index (χ0v) is 12.1. The van der Waals surface area contributed by atoms with E-state index in [1.54, 1.807) is 18.7 Å². The first-order valence-electron chi connectivity index (χ1n) is 5.83. The van der Waals surface area contributed by atoms with Crippen LogP contribution in [0.5, 0.6) is 0 Å². The van der Waals surface area contributed by atoms with Crippen LogP contribution in [0.2, 0.25) is 0 Å². The quantitative estimate of drug-likeness (QED) is 0.618. The van der Waals surface area contributed by atoms with Crippen molar-refractivity contribution < 1.29 is 9.59 Å². The van der Waals surface area contributed by atoms with Crippen LogP contribution in [0.1, 0.15) is 17.8 Å². The summed E-state index contributed by atoms with van der Waals surface area (Å²) in [6, 6.07) is -1.35. The molecule has 0 saturated carbocycles. The summed E-state index contributed by atoms with van der Waals surface area (Å²) in [6.45, 7) is 3.60. The van der Waals surface area contributed by atoms with Crippen molar-refractivity contribution in [3.05, 3.63) is 11.4 Å². The number of urea groups is 1. The van der Waals surface area contributed by atoms with Crippen LogP contribution >= 0.6 is 11.8 Å². The molecule has 0 bridgehead atoms. The van der Waals surface area contributed by atoms with E-state index < -0.39 is 12.1 Å². The van der Waals surface area contributed by atoms with Gasteiger partial charge in [-0.25, -0.2) is 4.79 Å². The Kier molecular flexibility index (Phi) is 5.68. The van der Waals surface area contributed by atoms with Crippen LogP contribution in [-0.2, 0) is 4.79 Å². The summed E-state index contributed by atoms with van der Waals surface area (Å²) in [6.07, 6.45) is 2.45. The van der Waals surface area contributed by atoms with E-state index in [1.165, 1.54) is 0 Å². The first-order chi connectivity index (χ1) is 8.95. The minimum absolute atomic E-state index is 0.291. The highest BCUT2D eigenvalue weighted by atomic mass is 32.2. The number of nitrogens with one attached hydrogen (secondary N) is 3. The Balaban J connectivity index is 2.73. The molecule has 0 spiro atoms. The minimum Gasteiger partial charge on any atom is -0.352 e. The lowest BCUT2D eigenvalue weighted by Gasteiger charge is -2.16. The molecule has 1 atom stereocenters. The van der Waals surface area contributed by atoms with Crippen LogP contribution in [0.3, 0.4) is 0 Å². The third-order valence-corrected chi connectivity index (χ3v) is 3.26. The predicted molar refractivity (Wildman–Crippen MR) is 76.2 cm³/mol. The fourth-order valence-corrected chi connectivity index (χ4v) is 2.09. The van der Waals surface area contributed by atoms with Crippen LogP contribution in [-0.4, -0.2) is 40.2 Å². The minimum atomic E-state index is -0.707. The maximum Gasteiger partial charge on any atom is 0.312 e. The molecular weight excluding hydrogens is 266 g/mol. The average molecular weight is 285 g/mol. The van der Waals surface area contributed by atoms with Gasteiger partial charge in [-0.1, -0.05) is 0 Å². The number of aromatic nitrogens is 2. The second kappa shape index (κ2) is 7.03. The Hall–Kier alpha value is -1.70. The Labute approximate surface area is 116 Å². The molecule has 19 heavy (non-hydrogen) atoms. The molecule has 0 aliphatic heterocycles. The van der Waals surface area contributed by atoms with E-state index in [1.807, 2.05) is 13.2 Å². The number of rotatable bonds is 6. The molecule has 0 aliphatic rings. The topological polar surface area (TPSA) is 113 Å². The van der Waals surface area contributed by atoms with E-state index >= 15 is 0 Å². The number of hydrogen-bond donors (Lipinski definition) is 4. The van der Waals surface area contributed by atoms with Crippen LogP contribution in [0.4, 0.5) is 10.5 Å². The monoisotopic (exact) mass is 285 g/mol. The maximum atomic E-state index is 12.1. The van der Waals surface area contributed by atoms with Crippen molar-refractivity contribution in [2.24, 2.45) is 5.73 Å². The molecule has 8 heteroatoms. The first kappa shape index (κ1) is 15.4. The van der Waals surface area contributed by atoms with Crippen LogP contribution in [0.25, 0.3) is 0 Å². The molecule has 5 N–H and O–H groups in total. The van der Waals surface area contributed by atoms with Gasteiger partial charge < -0.3 is 16.4 Å². The van der Waals surface area contributed by atoms with Crippen molar-refractivity contribution in [2.45, 2.75) is 26.3 Å². The van der Waals surface area contributed by atoms with Crippen molar-refractivity contribution in [3.8, 4) is 0 Å². The number of hydrogen-bond acceptors (Lipinski definition) is 4. The van der Waals surface area contributed by atoms with Gasteiger partial charge >= 0.3 is 6.03 Å². The van der Waals surface area contributed by atoms with Gasteiger partial charge in [0.05, 0.1) is 17.1 Å². The molecule has 1 aromatic rings. The zero-order chi connectivity index (χ0) is 14.4. The highest BCUT2D eigenvalue weighted by Gasteiger charge is 2.21. The average Bonchev–Trinajstić information content (AvgIpc) is 2.65. The van der Waals surface area contributed by atoms with Gasteiger partial charge in [0, 0.05) is 0 Å². The number of anilines is 1. The fraction of sp³-hybridized carbons (Fsp3) is 0.545. The summed E-state index contributed by atoms with van der Waals surface area (Å²) in [7, 11) is 0. The molecule has 0 radical (unpaired) electrons. The smallest absolute Gasteiger partial charge is 0.312 e. The number of H-pyrrole nitrogens is 1. The third kappa shape index (κ3) is 4.47. The van der Waals surface area contributed by atoms with Crippen molar-refractivity contribution in [1.82, 2.24) is 15.5 Å². The van der Waals surface area contributed by atoms with E-state index in [0.29, 0.717) is 17.8 Å². The molecule has 1 heterocycles. The highest BCUT2D eigenvalue weighted by Crippen LogP contribution is 2.16. The molecule has 0 aliphatic carbocycles. The molecule has 0 aromatic carbocycles. The zero-order valence-electron chi connectivity index (χ0n) is 11.2. The summed E-state index contributed by atoms with van der Waals surface area (Å²) in [5, 5.41) is 12.0. The highest BCUT2D eigenvalue weighted by molar-refractivity contribution is 7.98. The summed E-state index contributed by atoms with van der Waals surface area (Å²) in [5.74, 6) is 0.460. The number of carbonyl (C=O) groups is 2. The normalized spacial score (nSPS) is 11.9. The van der Waals surface area contributed by atoms with E-state index in [2.05, 4.69) is 20.8 Å². The molecular formula is C11H19N5O2S. The first-order valence-corrected chi connectivity index (χ1v) is 7.22. The lowest BCUT2D eigenvalue weighted by atomic mass is 10.2. The standard InChI is InChI=1S/C11H19N5O2S/c1-6-9(7(2)16-15-6)14-10(17)8(4-5-19-3)13-11(12)18/h8H,4-5H2,1-3H3,(H,14,17)(H,15,16)(H3,12,13,18). The number of aromatic amines is 1. The summed E-state index contributed by atoms with van der Waals surface area (Å²) < 4.78 is 0. The molecule has 7 nitrogen and oxygen atoms in total. The number of aryl methyl sites for hydroxylation is 2. The second-order valence-corrected chi connectivity index (χ2v) is 5.13. The Morgan fingerprint density at radius 3 is 2.63 bits per heavy atom. The van der Waals surface area contributed by atoms with Gasteiger partial charge in [-0.2, -0.15) is 16.9 Å². The van der Waals surface area contributed by atoms with E-state index in [0.717, 1.165) is 11.4 Å². The van der Waals surface area contributed by atoms with Crippen molar-refractivity contribution in [3.63, 3.8) is 0 Å². The summed E-state index contributed by atoms with van der Waals surface area (Å²) in [5.41, 5.74) is 7.20. The maximum absolute atomic E-state index is 12.1. The Morgan fingerprint density at radius 2 is 2.16 bits per heavy atom. The lowest BCUT2D eigenvalue weighted by Crippen LogP contribution is -2.46. The van der Waals surface area contributed by atoms with Gasteiger partial charge in [-0.05, 0) is 32.3 Å². The third-order valence-electron chi connectivity index (χ3n) is 2.62. The molecule has 1 unspecified atom stereocenters. The van der Waals surface area contributed by atoms with Gasteiger partial charge in [-0.15, -0.1) is 0 Å². The molecule has 1 rings (SSSR count). The summed E-state index contributed by atoms with van der Waals surface area (Å²) >= 11 is 1.60. The molecule has 0 fully saturated rings. The number of primary amides is 1. The largest absolute Gasteiger partial charge is 0.352 e. The Bertz CT molecular complexity index is 440. The SMILES string of the molecule is CSCCC(NC(N)=O)C(=O)Nc1c(C)n[nH]c1C. The molecule has 0 saturated heterocycles. The fourth-order valence-electron chi connectivity index (χ4n) is 1.62. The van der Waals surface area contributed by atoms with Crippen LogP contribution in [0.15, 0.2) is 0 Å². The molecule has 106 valence electrons. The number of amides is 3. The van der Waals surface area contributed by atoms with Crippen LogP contribution in [0, 0.1) is 13.8 Å². The Morgan fingerprint density at radius 1 is 1.47 bits per heavy atom. The van der Waals surface area contributed by atoms with Crippen molar-refractivity contribution in [1.29, 1.82) is 0 Å². The van der Waals surface area contributed by atoms with E-state index in [9.17, 15) is 9.59 Å². The number of thioether (sulfide) groups is 1. The number of carbonyl (C=O) groups excluding carboxylic acids is 2. The molecule has 1 aromatic heterocycles. The number of nitrogens with two attached hydrogens (primary N) is 1. The lowest BCUT2D eigenvalue weighted by molar-refractivity contribution is -0.118. The van der Waals surface area contributed by atoms with E-state index in [4.69, 9.17) is 5.73 Å². The second-order valence-electron chi connectivity index (χ2n) is 4.14. The number of nitrogens with zero attached hydrogens (tertiary/aromatic N) is 1. The van der Waals surface area contributed by atoms with Gasteiger partial charge in [0.2, 0.25) is 5.91 Å². The predicted octanol–water partition coefficient (Wildman–Crippen LogP) is 0.755. The van der Waals surface area contributed by atoms with Crippen LogP contribution < -0.4 is 16.4 Å².